The van der Waals surface area contributed by atoms with Gasteiger partial charge < -0.3 is 54.3 Å². The van der Waals surface area contributed by atoms with E-state index < -0.39 is 42.5 Å². The van der Waals surface area contributed by atoms with Crippen molar-refractivity contribution < 1.29 is 54.3 Å². The van der Waals surface area contributed by atoms with Crippen LogP contribution in [0.2, 0.25) is 0 Å². The van der Waals surface area contributed by atoms with E-state index in [-0.39, 0.29) is 42.1 Å². The molecule has 2 aromatic rings. The summed E-state index contributed by atoms with van der Waals surface area (Å²) in [6.45, 7) is 1.37. The SMILES string of the molecule is COc1cc2c(cc1O)C(c1cc(OC)c(O)c(OC)c1)C(COC1OC(C)C(O)C(O)C1O)C(CO)C2. The topological polar surface area (TPSA) is 168 Å². The third kappa shape index (κ3) is 5.09. The number of methoxy groups -OCH3 is 3. The number of hydrogen-bond acceptors (Lipinski definition) is 11. The van der Waals surface area contributed by atoms with Crippen molar-refractivity contribution in [3.63, 3.8) is 0 Å². The van der Waals surface area contributed by atoms with E-state index in [1.54, 1.807) is 31.2 Å². The van der Waals surface area contributed by atoms with Gasteiger partial charge in [-0.1, -0.05) is 0 Å². The largest absolute Gasteiger partial charge is 0.504 e. The number of fused-ring (bicyclic) bond motifs is 1. The molecule has 4 rings (SSSR count). The lowest BCUT2D eigenvalue weighted by molar-refractivity contribution is -0.296. The highest BCUT2D eigenvalue weighted by atomic mass is 16.7. The van der Waals surface area contributed by atoms with Crippen LogP contribution in [0.3, 0.4) is 0 Å². The second-order valence-corrected chi connectivity index (χ2v) is 9.80. The van der Waals surface area contributed by atoms with E-state index in [4.69, 9.17) is 23.7 Å². The zero-order valence-electron chi connectivity index (χ0n) is 21.8. The second-order valence-electron chi connectivity index (χ2n) is 9.80. The van der Waals surface area contributed by atoms with E-state index in [1.165, 1.54) is 21.3 Å². The van der Waals surface area contributed by atoms with Crippen LogP contribution in [0.15, 0.2) is 24.3 Å². The summed E-state index contributed by atoms with van der Waals surface area (Å²) >= 11 is 0. The number of rotatable bonds is 8. The monoisotopic (exact) mass is 536 g/mol. The quantitative estimate of drug-likeness (QED) is 0.283. The van der Waals surface area contributed by atoms with Crippen LogP contribution in [-0.4, -0.2) is 95.9 Å². The third-order valence-electron chi connectivity index (χ3n) is 7.65. The Bertz CT molecular complexity index is 1100. The van der Waals surface area contributed by atoms with Crippen molar-refractivity contribution in [3.8, 4) is 28.7 Å². The molecule has 1 fully saturated rings. The zero-order valence-corrected chi connectivity index (χ0v) is 21.8. The van der Waals surface area contributed by atoms with Crippen LogP contribution in [0.4, 0.5) is 0 Å². The maximum absolute atomic E-state index is 10.6. The first-order chi connectivity index (χ1) is 18.1. The van der Waals surface area contributed by atoms with E-state index in [0.717, 1.165) is 11.1 Å². The van der Waals surface area contributed by atoms with Gasteiger partial charge in [-0.2, -0.15) is 0 Å². The van der Waals surface area contributed by atoms with Crippen molar-refractivity contribution in [2.75, 3.05) is 34.5 Å². The summed E-state index contributed by atoms with van der Waals surface area (Å²) in [5, 5.41) is 62.2. The first-order valence-electron chi connectivity index (χ1n) is 12.4. The Morgan fingerprint density at radius 3 is 2.08 bits per heavy atom. The van der Waals surface area contributed by atoms with Crippen LogP contribution >= 0.6 is 0 Å². The summed E-state index contributed by atoms with van der Waals surface area (Å²) in [4.78, 5) is 0. The Labute approximate surface area is 220 Å². The van der Waals surface area contributed by atoms with Gasteiger partial charge in [0.25, 0.3) is 0 Å². The van der Waals surface area contributed by atoms with Gasteiger partial charge in [0.1, 0.15) is 18.3 Å². The van der Waals surface area contributed by atoms with Crippen LogP contribution in [0.5, 0.6) is 28.7 Å². The van der Waals surface area contributed by atoms with Crippen LogP contribution in [0.1, 0.15) is 29.5 Å². The number of aliphatic hydroxyl groups excluding tert-OH is 4. The molecule has 0 aromatic heterocycles. The summed E-state index contributed by atoms with van der Waals surface area (Å²) in [5.41, 5.74) is 2.28. The molecule has 0 radical (unpaired) electrons. The minimum atomic E-state index is -1.48. The molecular weight excluding hydrogens is 500 g/mol. The molecule has 1 heterocycles. The van der Waals surface area contributed by atoms with Gasteiger partial charge >= 0.3 is 0 Å². The van der Waals surface area contributed by atoms with Gasteiger partial charge in [-0.3, -0.25) is 0 Å². The lowest BCUT2D eigenvalue weighted by Crippen LogP contribution is -2.57. The van der Waals surface area contributed by atoms with Crippen molar-refractivity contribution in [3.05, 3.63) is 41.0 Å². The molecule has 0 bridgehead atoms. The molecule has 1 aliphatic heterocycles. The van der Waals surface area contributed by atoms with Gasteiger partial charge in [0.2, 0.25) is 5.75 Å². The molecule has 11 nitrogen and oxygen atoms in total. The first kappa shape index (κ1) is 28.2. The molecule has 11 heteroatoms. The van der Waals surface area contributed by atoms with E-state index >= 15 is 0 Å². The molecule has 8 atom stereocenters. The van der Waals surface area contributed by atoms with E-state index in [1.807, 2.05) is 0 Å². The normalized spacial score (nSPS) is 30.9. The van der Waals surface area contributed by atoms with Gasteiger partial charge in [-0.15, -0.1) is 0 Å². The molecule has 210 valence electrons. The van der Waals surface area contributed by atoms with Gasteiger partial charge in [0, 0.05) is 12.5 Å². The fourth-order valence-corrected chi connectivity index (χ4v) is 5.50. The fourth-order valence-electron chi connectivity index (χ4n) is 5.50. The number of ether oxygens (including phenoxy) is 5. The average molecular weight is 537 g/mol. The Morgan fingerprint density at radius 2 is 1.50 bits per heavy atom. The van der Waals surface area contributed by atoms with Crippen molar-refractivity contribution in [2.45, 2.75) is 50.0 Å². The third-order valence-corrected chi connectivity index (χ3v) is 7.65. The predicted molar refractivity (Wildman–Crippen MR) is 134 cm³/mol. The maximum Gasteiger partial charge on any atom is 0.200 e. The molecular formula is C27H36O11. The lowest BCUT2D eigenvalue weighted by atomic mass is 9.66. The molecule has 0 saturated carbocycles. The smallest absolute Gasteiger partial charge is 0.200 e. The van der Waals surface area contributed by atoms with Crippen LogP contribution in [0.25, 0.3) is 0 Å². The van der Waals surface area contributed by atoms with Crippen LogP contribution in [-0.2, 0) is 15.9 Å². The fraction of sp³-hybridized carbons (Fsp3) is 0.556. The Morgan fingerprint density at radius 1 is 0.868 bits per heavy atom. The molecule has 2 aliphatic rings. The maximum atomic E-state index is 10.6. The number of hydrogen-bond donors (Lipinski definition) is 6. The number of aromatic hydroxyl groups is 2. The summed E-state index contributed by atoms with van der Waals surface area (Å²) in [6.07, 6.45) is -5.73. The molecule has 6 N–H and O–H groups in total. The highest BCUT2D eigenvalue weighted by Gasteiger charge is 2.44. The standard InChI is InChI=1S/C27H36O11/c1-12-23(30)25(32)26(33)27(38-12)37-11-17-15(10-28)5-13-6-19(34-2)18(29)9-16(13)22(17)14-7-20(35-3)24(31)21(8-14)36-4/h6-9,12,15,17,22-23,25-33H,5,10-11H2,1-4H3. The number of aliphatic hydroxyl groups is 4. The summed E-state index contributed by atoms with van der Waals surface area (Å²) in [6, 6.07) is 6.67. The highest BCUT2D eigenvalue weighted by molar-refractivity contribution is 5.57. The van der Waals surface area contributed by atoms with Crippen molar-refractivity contribution in [1.29, 1.82) is 0 Å². The number of benzene rings is 2. The van der Waals surface area contributed by atoms with Crippen LogP contribution in [0, 0.1) is 11.8 Å². The lowest BCUT2D eigenvalue weighted by Gasteiger charge is -2.42. The minimum Gasteiger partial charge on any atom is -0.504 e. The Kier molecular flexibility index (Phi) is 8.55. The van der Waals surface area contributed by atoms with Gasteiger partial charge in [-0.25, -0.2) is 0 Å². The van der Waals surface area contributed by atoms with Gasteiger partial charge in [-0.05, 0) is 66.1 Å². The molecule has 0 spiro atoms. The average Bonchev–Trinajstić information content (AvgIpc) is 2.92. The van der Waals surface area contributed by atoms with Crippen molar-refractivity contribution in [2.24, 2.45) is 11.8 Å². The molecule has 1 saturated heterocycles. The molecule has 8 unspecified atom stereocenters. The number of phenolic OH excluding ortho intramolecular Hbond substituents is 2. The van der Waals surface area contributed by atoms with Gasteiger partial charge in [0.05, 0.1) is 34.0 Å². The molecule has 38 heavy (non-hydrogen) atoms. The summed E-state index contributed by atoms with van der Waals surface area (Å²) in [7, 11) is 4.30. The zero-order chi connectivity index (χ0) is 27.7. The summed E-state index contributed by atoms with van der Waals surface area (Å²) in [5.74, 6) is -0.773. The van der Waals surface area contributed by atoms with E-state index in [2.05, 4.69) is 0 Å². The molecule has 2 aromatic carbocycles. The van der Waals surface area contributed by atoms with Crippen molar-refractivity contribution >= 4 is 0 Å². The summed E-state index contributed by atoms with van der Waals surface area (Å²) < 4.78 is 27.6. The Balaban J connectivity index is 1.78. The van der Waals surface area contributed by atoms with Crippen molar-refractivity contribution in [1.82, 2.24) is 0 Å². The van der Waals surface area contributed by atoms with Crippen LogP contribution < -0.4 is 14.2 Å². The number of phenols is 2. The molecule has 0 amide bonds. The van der Waals surface area contributed by atoms with Gasteiger partial charge in [0.15, 0.2) is 29.3 Å². The second kappa shape index (κ2) is 11.5. The van der Waals surface area contributed by atoms with E-state index in [0.29, 0.717) is 17.7 Å². The Hall–Kier alpha value is -2.80. The highest BCUT2D eigenvalue weighted by Crippen LogP contribution is 2.50. The molecule has 1 aliphatic carbocycles. The first-order valence-corrected chi connectivity index (χ1v) is 12.4. The minimum absolute atomic E-state index is 0.00903. The van der Waals surface area contributed by atoms with E-state index in [9.17, 15) is 30.6 Å². The predicted octanol–water partition coefficient (Wildman–Crippen LogP) is 0.880.